The van der Waals surface area contributed by atoms with E-state index in [1.807, 2.05) is 0 Å². The van der Waals surface area contributed by atoms with Gasteiger partial charge < -0.3 is 45.2 Å². The summed E-state index contributed by atoms with van der Waals surface area (Å²) in [5.74, 6) is -0.506. The lowest BCUT2D eigenvalue weighted by Crippen LogP contribution is -2.60. The largest absolute Gasteiger partial charge is 0.508 e. The van der Waals surface area contributed by atoms with Crippen LogP contribution in [0.2, 0.25) is 0 Å². The average Bonchev–Trinajstić information content (AvgIpc) is 2.68. The molecule has 0 aliphatic carbocycles. The molecule has 1 aliphatic heterocycles. The third-order valence-electron chi connectivity index (χ3n) is 4.47. The fourth-order valence-corrected chi connectivity index (χ4v) is 2.93. The van der Waals surface area contributed by atoms with Gasteiger partial charge in [0, 0.05) is 6.07 Å². The van der Waals surface area contributed by atoms with Crippen molar-refractivity contribution in [2.24, 2.45) is 0 Å². The van der Waals surface area contributed by atoms with Gasteiger partial charge in [-0.1, -0.05) is 18.2 Å². The van der Waals surface area contributed by atoms with Crippen LogP contribution in [-0.4, -0.2) is 73.1 Å². The zero-order valence-electron chi connectivity index (χ0n) is 15.2. The Bertz CT molecular complexity index is 860. The smallest absolute Gasteiger partial charge is 0.229 e. The molecule has 0 radical (unpaired) electrons. The molecule has 0 saturated carbocycles. The van der Waals surface area contributed by atoms with Gasteiger partial charge in [-0.25, -0.2) is 0 Å². The number of phenolic OH excluding ortho intramolecular Hbond substituents is 3. The molecule has 29 heavy (non-hydrogen) atoms. The highest BCUT2D eigenvalue weighted by molar-refractivity contribution is 5.72. The summed E-state index contributed by atoms with van der Waals surface area (Å²) in [4.78, 5) is 0. The third-order valence-corrected chi connectivity index (χ3v) is 4.47. The number of aromatic hydroxyl groups is 3. The van der Waals surface area contributed by atoms with Crippen LogP contribution < -0.4 is 4.74 Å². The van der Waals surface area contributed by atoms with Gasteiger partial charge in [-0.2, -0.15) is 0 Å². The van der Waals surface area contributed by atoms with E-state index in [-0.39, 0.29) is 23.0 Å². The summed E-state index contributed by atoms with van der Waals surface area (Å²) in [6.45, 7) is -0.601. The molecule has 1 saturated heterocycles. The van der Waals surface area contributed by atoms with Gasteiger partial charge in [0.1, 0.15) is 35.9 Å². The lowest BCUT2D eigenvalue weighted by atomic mass is 9.99. The number of hydrogen-bond acceptors (Lipinski definition) is 9. The van der Waals surface area contributed by atoms with E-state index in [2.05, 4.69) is 0 Å². The number of phenols is 3. The van der Waals surface area contributed by atoms with Gasteiger partial charge in [-0.3, -0.25) is 0 Å². The standard InChI is InChI=1S/C20H22O9/c21-9-16-17(25)18(26)19(27)20(29-16)28-15-7-10(3-4-14(15)24)1-2-11-5-12(22)8-13(23)6-11/h1-8,16-27H,9H2/b2-1+/t16?,17-,18?,19?,20-/m1/s1. The van der Waals surface area contributed by atoms with Gasteiger partial charge in [0.15, 0.2) is 11.5 Å². The molecule has 1 fully saturated rings. The predicted molar refractivity (Wildman–Crippen MR) is 101 cm³/mol. The first-order valence-electron chi connectivity index (χ1n) is 8.80. The number of rotatable bonds is 5. The summed E-state index contributed by atoms with van der Waals surface area (Å²) >= 11 is 0. The van der Waals surface area contributed by atoms with E-state index in [9.17, 15) is 35.7 Å². The zero-order valence-corrected chi connectivity index (χ0v) is 15.2. The highest BCUT2D eigenvalue weighted by atomic mass is 16.7. The summed E-state index contributed by atoms with van der Waals surface area (Å²) in [7, 11) is 0. The van der Waals surface area contributed by atoms with Gasteiger partial charge >= 0.3 is 0 Å². The van der Waals surface area contributed by atoms with Crippen molar-refractivity contribution in [1.82, 2.24) is 0 Å². The van der Waals surface area contributed by atoms with Crippen molar-refractivity contribution in [3.05, 3.63) is 47.5 Å². The normalized spacial score (nSPS) is 27.2. The van der Waals surface area contributed by atoms with Crippen LogP contribution in [0.1, 0.15) is 11.1 Å². The Balaban J connectivity index is 1.79. The first-order chi connectivity index (χ1) is 13.8. The maximum atomic E-state index is 10.1. The minimum absolute atomic E-state index is 0.0600. The van der Waals surface area contributed by atoms with Crippen molar-refractivity contribution in [2.75, 3.05) is 6.61 Å². The van der Waals surface area contributed by atoms with E-state index in [4.69, 9.17) is 9.47 Å². The van der Waals surface area contributed by atoms with Crippen LogP contribution in [0.3, 0.4) is 0 Å². The van der Waals surface area contributed by atoms with Gasteiger partial charge in [0.25, 0.3) is 0 Å². The molecule has 156 valence electrons. The average molecular weight is 406 g/mol. The van der Waals surface area contributed by atoms with E-state index in [0.717, 1.165) is 0 Å². The van der Waals surface area contributed by atoms with Crippen LogP contribution in [-0.2, 0) is 4.74 Å². The molecule has 9 nitrogen and oxygen atoms in total. The number of hydrogen-bond donors (Lipinski definition) is 7. The SMILES string of the molecule is OCC1O[C@@H](Oc2cc(/C=C/c3cc(O)cc(O)c3)ccc2O)C(O)C(O)[C@@H]1O. The second-order valence-corrected chi connectivity index (χ2v) is 6.66. The van der Waals surface area contributed by atoms with Crippen LogP contribution in [0, 0.1) is 0 Å². The Labute approximate surface area is 165 Å². The fourth-order valence-electron chi connectivity index (χ4n) is 2.93. The minimum atomic E-state index is -1.61. The van der Waals surface area contributed by atoms with E-state index in [0.29, 0.717) is 11.1 Å². The third kappa shape index (κ3) is 4.78. The summed E-state index contributed by atoms with van der Waals surface area (Å²) in [6.07, 6.45) is -4.05. The Morgan fingerprint density at radius 3 is 2.14 bits per heavy atom. The van der Waals surface area contributed by atoms with Crippen molar-refractivity contribution in [3.8, 4) is 23.0 Å². The maximum Gasteiger partial charge on any atom is 0.229 e. The fraction of sp³-hybridized carbons (Fsp3) is 0.300. The number of aliphatic hydroxyl groups excluding tert-OH is 4. The molecule has 3 unspecified atom stereocenters. The van der Waals surface area contributed by atoms with Gasteiger partial charge in [-0.15, -0.1) is 0 Å². The van der Waals surface area contributed by atoms with Crippen molar-refractivity contribution in [2.45, 2.75) is 30.7 Å². The van der Waals surface area contributed by atoms with Crippen molar-refractivity contribution < 1.29 is 45.2 Å². The molecular weight excluding hydrogens is 384 g/mol. The summed E-state index contributed by atoms with van der Waals surface area (Å²) in [5, 5.41) is 68.0. The number of aliphatic hydroxyl groups is 4. The van der Waals surface area contributed by atoms with Crippen molar-refractivity contribution >= 4 is 12.2 Å². The van der Waals surface area contributed by atoms with Crippen LogP contribution in [0.4, 0.5) is 0 Å². The van der Waals surface area contributed by atoms with E-state index in [1.165, 1.54) is 30.3 Å². The van der Waals surface area contributed by atoms with Gasteiger partial charge in [0.05, 0.1) is 6.61 Å². The van der Waals surface area contributed by atoms with Crippen LogP contribution in [0.15, 0.2) is 36.4 Å². The first-order valence-corrected chi connectivity index (χ1v) is 8.80. The molecule has 9 heteroatoms. The molecule has 0 spiro atoms. The Morgan fingerprint density at radius 2 is 1.48 bits per heavy atom. The quantitative estimate of drug-likeness (QED) is 0.343. The Kier molecular flexibility index (Phi) is 6.26. The highest BCUT2D eigenvalue weighted by Crippen LogP contribution is 2.32. The number of ether oxygens (including phenoxy) is 2. The summed E-state index contributed by atoms with van der Waals surface area (Å²) in [6, 6.07) is 8.46. The molecule has 0 bridgehead atoms. The molecule has 1 heterocycles. The van der Waals surface area contributed by atoms with E-state index < -0.39 is 37.3 Å². The predicted octanol–water partition coefficient (Wildman–Crippen LogP) is 0.152. The topological polar surface area (TPSA) is 160 Å². The van der Waals surface area contributed by atoms with Crippen LogP contribution in [0.25, 0.3) is 12.2 Å². The van der Waals surface area contributed by atoms with Crippen LogP contribution in [0.5, 0.6) is 23.0 Å². The monoisotopic (exact) mass is 406 g/mol. The number of benzene rings is 2. The molecule has 2 aromatic carbocycles. The Hall–Kier alpha value is -2.82. The highest BCUT2D eigenvalue weighted by Gasteiger charge is 2.44. The molecule has 0 aromatic heterocycles. The summed E-state index contributed by atoms with van der Waals surface area (Å²) < 4.78 is 10.7. The lowest BCUT2D eigenvalue weighted by Gasteiger charge is -2.39. The molecule has 7 N–H and O–H groups in total. The van der Waals surface area contributed by atoms with E-state index >= 15 is 0 Å². The van der Waals surface area contributed by atoms with Gasteiger partial charge in [0.2, 0.25) is 6.29 Å². The van der Waals surface area contributed by atoms with Crippen molar-refractivity contribution in [1.29, 1.82) is 0 Å². The first kappa shape index (κ1) is 20.9. The lowest BCUT2D eigenvalue weighted by molar-refractivity contribution is -0.277. The molecule has 1 aliphatic rings. The molecular formula is C20H22O9. The maximum absolute atomic E-state index is 10.1. The second kappa shape index (κ2) is 8.68. The molecule has 0 amide bonds. The van der Waals surface area contributed by atoms with Crippen LogP contribution >= 0.6 is 0 Å². The summed E-state index contributed by atoms with van der Waals surface area (Å²) in [5.41, 5.74) is 1.11. The zero-order chi connectivity index (χ0) is 21.1. The molecule has 5 atom stereocenters. The van der Waals surface area contributed by atoms with Crippen molar-refractivity contribution in [3.63, 3.8) is 0 Å². The minimum Gasteiger partial charge on any atom is -0.508 e. The molecule has 3 rings (SSSR count). The van der Waals surface area contributed by atoms with E-state index in [1.54, 1.807) is 18.2 Å². The second-order valence-electron chi connectivity index (χ2n) is 6.66. The molecule has 2 aromatic rings. The Morgan fingerprint density at radius 1 is 0.828 bits per heavy atom. The van der Waals surface area contributed by atoms with Gasteiger partial charge in [-0.05, 0) is 35.4 Å².